The Morgan fingerprint density at radius 2 is 2.42 bits per heavy atom. The van der Waals surface area contributed by atoms with Gasteiger partial charge in [0.2, 0.25) is 0 Å². The summed E-state index contributed by atoms with van der Waals surface area (Å²) in [6.45, 7) is 2.05. The van der Waals surface area contributed by atoms with Crippen molar-refractivity contribution in [1.29, 1.82) is 5.26 Å². The van der Waals surface area contributed by atoms with Gasteiger partial charge in [0.15, 0.2) is 0 Å². The summed E-state index contributed by atoms with van der Waals surface area (Å²) in [6.07, 6.45) is 3.09. The van der Waals surface area contributed by atoms with E-state index in [1.165, 1.54) is 0 Å². The van der Waals surface area contributed by atoms with Gasteiger partial charge in [0.25, 0.3) is 0 Å². The lowest BCUT2D eigenvalue weighted by atomic mass is 10.2. The molecule has 0 aromatic carbocycles. The topological polar surface area (TPSA) is 36.7 Å². The fourth-order valence-corrected chi connectivity index (χ4v) is 1.63. The number of nitriles is 1. The number of rotatable bonds is 2. The lowest BCUT2D eigenvalue weighted by molar-refractivity contribution is 1.01. The number of aryl methyl sites for hydroxylation is 1. The van der Waals surface area contributed by atoms with Gasteiger partial charge in [-0.15, -0.1) is 0 Å². The number of hydrogen-bond acceptors (Lipinski definition) is 2. The first-order chi connectivity index (χ1) is 5.77. The van der Waals surface area contributed by atoms with Gasteiger partial charge in [-0.1, -0.05) is 6.92 Å². The molecule has 0 aliphatic heterocycles. The Bertz CT molecular complexity index is 315. The fraction of sp³-hybridized carbons (Fsp3) is 0.333. The third kappa shape index (κ3) is 2.05. The van der Waals surface area contributed by atoms with Crippen LogP contribution in [0.3, 0.4) is 0 Å². The van der Waals surface area contributed by atoms with E-state index >= 15 is 0 Å². The number of hydrogen-bond donors (Lipinski definition) is 0. The SMILES string of the molecule is CCc1ncc(CC#N)cc1Br. The molecule has 2 nitrogen and oxygen atoms in total. The Kier molecular flexibility index (Phi) is 3.24. The van der Waals surface area contributed by atoms with E-state index in [0.717, 1.165) is 22.2 Å². The van der Waals surface area contributed by atoms with Crippen molar-refractivity contribution < 1.29 is 0 Å². The first-order valence-electron chi connectivity index (χ1n) is 3.78. The van der Waals surface area contributed by atoms with Gasteiger partial charge in [-0.25, -0.2) is 0 Å². The predicted octanol–water partition coefficient (Wildman–Crippen LogP) is 2.47. The Hall–Kier alpha value is -0.880. The molecule has 0 radical (unpaired) electrons. The average Bonchev–Trinajstić information content (AvgIpc) is 2.05. The van der Waals surface area contributed by atoms with Gasteiger partial charge >= 0.3 is 0 Å². The van der Waals surface area contributed by atoms with Crippen LogP contribution in [0.5, 0.6) is 0 Å². The van der Waals surface area contributed by atoms with Crippen LogP contribution in [0, 0.1) is 11.3 Å². The molecule has 0 aliphatic carbocycles. The van der Waals surface area contributed by atoms with E-state index < -0.39 is 0 Å². The normalized spacial score (nSPS) is 9.42. The fourth-order valence-electron chi connectivity index (χ4n) is 0.954. The highest BCUT2D eigenvalue weighted by molar-refractivity contribution is 9.10. The molecule has 0 aliphatic rings. The molecular weight excluding hydrogens is 216 g/mol. The van der Waals surface area contributed by atoms with Gasteiger partial charge in [0.1, 0.15) is 0 Å². The number of halogens is 1. The first-order valence-corrected chi connectivity index (χ1v) is 4.57. The van der Waals surface area contributed by atoms with Crippen LogP contribution in [0.4, 0.5) is 0 Å². The summed E-state index contributed by atoms with van der Waals surface area (Å²) in [7, 11) is 0. The lowest BCUT2D eigenvalue weighted by Crippen LogP contribution is -1.91. The molecular formula is C9H9BrN2. The zero-order chi connectivity index (χ0) is 8.97. The van der Waals surface area contributed by atoms with Gasteiger partial charge in [-0.05, 0) is 34.0 Å². The van der Waals surface area contributed by atoms with Crippen molar-refractivity contribution in [2.75, 3.05) is 0 Å². The molecule has 0 unspecified atom stereocenters. The van der Waals surface area contributed by atoms with Crippen LogP contribution in [-0.2, 0) is 12.8 Å². The maximum atomic E-state index is 8.44. The number of nitrogens with zero attached hydrogens (tertiary/aromatic N) is 2. The predicted molar refractivity (Wildman–Crippen MR) is 50.6 cm³/mol. The van der Waals surface area contributed by atoms with Crippen LogP contribution >= 0.6 is 15.9 Å². The molecule has 1 heterocycles. The second kappa shape index (κ2) is 4.22. The summed E-state index contributed by atoms with van der Waals surface area (Å²) in [6, 6.07) is 4.04. The van der Waals surface area contributed by atoms with E-state index in [9.17, 15) is 0 Å². The molecule has 0 atom stereocenters. The molecule has 3 heteroatoms. The summed E-state index contributed by atoms with van der Waals surface area (Å²) in [5.41, 5.74) is 2.00. The molecule has 1 aromatic rings. The monoisotopic (exact) mass is 224 g/mol. The van der Waals surface area contributed by atoms with Crippen LogP contribution in [0.2, 0.25) is 0 Å². The highest BCUT2D eigenvalue weighted by Gasteiger charge is 2.00. The molecule has 1 rings (SSSR count). The molecule has 1 aromatic heterocycles. The molecule has 0 N–H and O–H groups in total. The largest absolute Gasteiger partial charge is 0.260 e. The van der Waals surface area contributed by atoms with Crippen molar-refractivity contribution in [2.45, 2.75) is 19.8 Å². The number of aromatic nitrogens is 1. The minimum Gasteiger partial charge on any atom is -0.260 e. The van der Waals surface area contributed by atoms with Crippen molar-refractivity contribution in [2.24, 2.45) is 0 Å². The Morgan fingerprint density at radius 3 is 2.92 bits per heavy atom. The van der Waals surface area contributed by atoms with Crippen molar-refractivity contribution in [3.8, 4) is 6.07 Å². The van der Waals surface area contributed by atoms with E-state index in [4.69, 9.17) is 5.26 Å². The summed E-state index contributed by atoms with van der Waals surface area (Å²) in [5, 5.41) is 8.44. The van der Waals surface area contributed by atoms with Crippen LogP contribution < -0.4 is 0 Å². The zero-order valence-corrected chi connectivity index (χ0v) is 8.43. The van der Waals surface area contributed by atoms with Crippen LogP contribution in [0.25, 0.3) is 0 Å². The van der Waals surface area contributed by atoms with Crippen molar-refractivity contribution in [3.05, 3.63) is 28.0 Å². The van der Waals surface area contributed by atoms with Gasteiger partial charge in [-0.2, -0.15) is 5.26 Å². The third-order valence-electron chi connectivity index (χ3n) is 1.59. The zero-order valence-electron chi connectivity index (χ0n) is 6.84. The molecule has 0 saturated carbocycles. The van der Waals surface area contributed by atoms with Crippen molar-refractivity contribution in [1.82, 2.24) is 4.98 Å². The van der Waals surface area contributed by atoms with Crippen molar-refractivity contribution >= 4 is 15.9 Å². The molecule has 0 amide bonds. The van der Waals surface area contributed by atoms with E-state index in [1.807, 2.05) is 6.07 Å². The van der Waals surface area contributed by atoms with Gasteiger partial charge in [0, 0.05) is 10.7 Å². The summed E-state index contributed by atoms with van der Waals surface area (Å²) in [4.78, 5) is 4.22. The third-order valence-corrected chi connectivity index (χ3v) is 2.28. The Morgan fingerprint density at radius 1 is 1.67 bits per heavy atom. The smallest absolute Gasteiger partial charge is 0.0670 e. The summed E-state index contributed by atoms with van der Waals surface area (Å²) in [5.74, 6) is 0. The Labute approximate surface area is 80.4 Å². The van der Waals surface area contributed by atoms with Gasteiger partial charge in [-0.3, -0.25) is 4.98 Å². The van der Waals surface area contributed by atoms with E-state index in [2.05, 4.69) is 33.9 Å². The second-order valence-corrected chi connectivity index (χ2v) is 3.31. The maximum Gasteiger partial charge on any atom is 0.0670 e. The molecule has 0 fully saturated rings. The summed E-state index contributed by atoms with van der Waals surface area (Å²) >= 11 is 3.41. The van der Waals surface area contributed by atoms with E-state index in [-0.39, 0.29) is 0 Å². The van der Waals surface area contributed by atoms with Gasteiger partial charge < -0.3 is 0 Å². The minimum atomic E-state index is 0.426. The highest BCUT2D eigenvalue weighted by atomic mass is 79.9. The molecule has 0 saturated heterocycles. The second-order valence-electron chi connectivity index (χ2n) is 2.46. The molecule has 0 bridgehead atoms. The minimum absolute atomic E-state index is 0.426. The standard InChI is InChI=1S/C9H9BrN2/c1-2-9-8(10)5-7(3-4-11)6-12-9/h5-6H,2-3H2,1H3. The van der Waals surface area contributed by atoms with Crippen molar-refractivity contribution in [3.63, 3.8) is 0 Å². The number of pyridine rings is 1. The lowest BCUT2D eigenvalue weighted by Gasteiger charge is -2.00. The van der Waals surface area contributed by atoms with Gasteiger partial charge in [0.05, 0.1) is 18.2 Å². The highest BCUT2D eigenvalue weighted by Crippen LogP contribution is 2.16. The first kappa shape index (κ1) is 9.21. The van der Waals surface area contributed by atoms with Crippen LogP contribution in [0.1, 0.15) is 18.2 Å². The molecule has 0 spiro atoms. The van der Waals surface area contributed by atoms with Crippen LogP contribution in [-0.4, -0.2) is 4.98 Å². The van der Waals surface area contributed by atoms with Crippen LogP contribution in [0.15, 0.2) is 16.7 Å². The van der Waals surface area contributed by atoms with E-state index in [1.54, 1.807) is 6.20 Å². The molecule has 12 heavy (non-hydrogen) atoms. The maximum absolute atomic E-state index is 8.44. The Balaban J connectivity index is 2.95. The molecule has 62 valence electrons. The average molecular weight is 225 g/mol. The summed E-state index contributed by atoms with van der Waals surface area (Å²) < 4.78 is 0.998. The quantitative estimate of drug-likeness (QED) is 0.775. The van der Waals surface area contributed by atoms with E-state index in [0.29, 0.717) is 6.42 Å².